The molecule has 0 spiro atoms. The minimum atomic E-state index is -0.779. The molecule has 2 aliphatic heterocycles. The van der Waals surface area contributed by atoms with E-state index in [1.807, 2.05) is 24.8 Å². The molecule has 3 atom stereocenters. The Morgan fingerprint density at radius 1 is 1.39 bits per heavy atom. The van der Waals surface area contributed by atoms with Gasteiger partial charge in [0.2, 0.25) is 0 Å². The molecular formula is C18H23NO4. The predicted octanol–water partition coefficient (Wildman–Crippen LogP) is 2.86. The lowest BCUT2D eigenvalue weighted by Crippen LogP contribution is -2.44. The number of ether oxygens (including phenoxy) is 1. The molecule has 0 saturated carbocycles. The van der Waals surface area contributed by atoms with Crippen LogP contribution in [0.1, 0.15) is 48.5 Å². The lowest BCUT2D eigenvalue weighted by atomic mass is 9.72. The van der Waals surface area contributed by atoms with Gasteiger partial charge in [-0.1, -0.05) is 6.92 Å². The Morgan fingerprint density at radius 2 is 2.13 bits per heavy atom. The lowest BCUT2D eigenvalue weighted by molar-refractivity contribution is -0.151. The molecule has 1 aromatic carbocycles. The van der Waals surface area contributed by atoms with Crippen LogP contribution in [0.2, 0.25) is 0 Å². The Kier molecular flexibility index (Phi) is 3.82. The van der Waals surface area contributed by atoms with Crippen LogP contribution in [0.25, 0.3) is 0 Å². The summed E-state index contributed by atoms with van der Waals surface area (Å²) in [5.41, 5.74) is 0.719. The number of carboxylic acid groups (broad SMARTS) is 1. The summed E-state index contributed by atoms with van der Waals surface area (Å²) in [4.78, 5) is 26.7. The summed E-state index contributed by atoms with van der Waals surface area (Å²) in [7, 11) is 1.60. The first-order chi connectivity index (χ1) is 10.9. The molecule has 5 heteroatoms. The fraction of sp³-hybridized carbons (Fsp3) is 0.556. The van der Waals surface area contributed by atoms with Crippen LogP contribution in [0.15, 0.2) is 18.2 Å². The topological polar surface area (TPSA) is 66.8 Å². The molecule has 2 saturated heterocycles. The Balaban J connectivity index is 1.94. The van der Waals surface area contributed by atoms with E-state index in [-0.39, 0.29) is 18.0 Å². The zero-order valence-electron chi connectivity index (χ0n) is 13.8. The molecule has 0 aliphatic carbocycles. The van der Waals surface area contributed by atoms with Gasteiger partial charge in [0, 0.05) is 17.6 Å². The minimum Gasteiger partial charge on any atom is -0.497 e. The van der Waals surface area contributed by atoms with E-state index in [1.54, 1.807) is 19.2 Å². The van der Waals surface area contributed by atoms with Crippen molar-refractivity contribution in [2.75, 3.05) is 7.11 Å². The molecule has 2 fully saturated rings. The van der Waals surface area contributed by atoms with Gasteiger partial charge in [0.25, 0.3) is 5.91 Å². The summed E-state index contributed by atoms with van der Waals surface area (Å²) >= 11 is 0. The maximum Gasteiger partial charge on any atom is 0.311 e. The number of rotatable bonds is 4. The van der Waals surface area contributed by atoms with Crippen LogP contribution in [0.4, 0.5) is 0 Å². The number of hydrogen-bond donors (Lipinski definition) is 1. The number of carboxylic acids is 1. The maximum atomic E-state index is 13.0. The van der Waals surface area contributed by atoms with Crippen LogP contribution >= 0.6 is 0 Å². The molecule has 124 valence electrons. The third kappa shape index (κ3) is 2.21. The van der Waals surface area contributed by atoms with Crippen molar-refractivity contribution in [1.29, 1.82) is 0 Å². The number of nitrogens with zero attached hydrogens (tertiary/aromatic N) is 1. The van der Waals surface area contributed by atoms with Crippen LogP contribution in [-0.4, -0.2) is 41.1 Å². The third-order valence-electron chi connectivity index (χ3n) is 5.70. The summed E-state index contributed by atoms with van der Waals surface area (Å²) in [6, 6.07) is 5.26. The number of carbonyl (C=O) groups is 2. The Morgan fingerprint density at radius 3 is 2.65 bits per heavy atom. The Bertz CT molecular complexity index is 656. The highest BCUT2D eigenvalue weighted by atomic mass is 16.5. The van der Waals surface area contributed by atoms with Gasteiger partial charge in [-0.05, 0) is 56.4 Å². The van der Waals surface area contributed by atoms with Gasteiger partial charge in [-0.15, -0.1) is 0 Å². The highest BCUT2D eigenvalue weighted by Crippen LogP contribution is 2.52. The number of fused-ring (bicyclic) bond motifs is 2. The number of benzene rings is 1. The quantitative estimate of drug-likeness (QED) is 0.927. The molecule has 23 heavy (non-hydrogen) atoms. The van der Waals surface area contributed by atoms with Crippen LogP contribution in [0.5, 0.6) is 5.75 Å². The van der Waals surface area contributed by atoms with E-state index in [0.29, 0.717) is 18.4 Å². The molecule has 2 aliphatic rings. The molecule has 2 bridgehead atoms. The van der Waals surface area contributed by atoms with Gasteiger partial charge in [-0.25, -0.2) is 0 Å². The first-order valence-corrected chi connectivity index (χ1v) is 8.15. The summed E-state index contributed by atoms with van der Waals surface area (Å²) in [5, 5.41) is 9.72. The molecule has 2 heterocycles. The van der Waals surface area contributed by atoms with Crippen LogP contribution < -0.4 is 4.74 Å². The zero-order chi connectivity index (χ0) is 16.8. The van der Waals surface area contributed by atoms with E-state index in [1.165, 1.54) is 0 Å². The van der Waals surface area contributed by atoms with E-state index in [0.717, 1.165) is 24.2 Å². The van der Waals surface area contributed by atoms with Crippen molar-refractivity contribution in [2.45, 2.75) is 51.6 Å². The fourth-order valence-corrected chi connectivity index (χ4v) is 4.39. The van der Waals surface area contributed by atoms with Crippen LogP contribution in [0.3, 0.4) is 0 Å². The van der Waals surface area contributed by atoms with Gasteiger partial charge >= 0.3 is 5.97 Å². The molecule has 1 N–H and O–H groups in total. The molecule has 0 radical (unpaired) electrons. The van der Waals surface area contributed by atoms with E-state index in [2.05, 4.69) is 0 Å². The van der Waals surface area contributed by atoms with E-state index < -0.39 is 11.4 Å². The van der Waals surface area contributed by atoms with Crippen molar-refractivity contribution in [3.05, 3.63) is 29.3 Å². The lowest BCUT2D eigenvalue weighted by Gasteiger charge is -2.32. The Hall–Kier alpha value is -2.04. The van der Waals surface area contributed by atoms with Crippen molar-refractivity contribution < 1.29 is 19.4 Å². The van der Waals surface area contributed by atoms with Crippen molar-refractivity contribution in [1.82, 2.24) is 4.90 Å². The summed E-state index contributed by atoms with van der Waals surface area (Å²) in [6.07, 6.45) is 2.83. The van der Waals surface area contributed by atoms with E-state index >= 15 is 0 Å². The first-order valence-electron chi connectivity index (χ1n) is 8.15. The number of hydrogen-bond acceptors (Lipinski definition) is 3. The standard InChI is InChI=1S/C18H23NO4/c1-4-18(17(21)22)10-12-5-8-15(18)19(12)16(20)14-7-6-13(23-3)9-11(14)2/h6-7,9,12,15H,4-5,8,10H2,1-3H3,(H,21,22)/t12-,15+,18+/m0/s1. The predicted molar refractivity (Wildman–Crippen MR) is 85.7 cm³/mol. The van der Waals surface area contributed by atoms with Gasteiger partial charge < -0.3 is 14.7 Å². The molecule has 0 unspecified atom stereocenters. The first kappa shape index (κ1) is 15.8. The number of aliphatic carboxylic acids is 1. The van der Waals surface area contributed by atoms with Crippen LogP contribution in [0, 0.1) is 12.3 Å². The molecule has 3 rings (SSSR count). The van der Waals surface area contributed by atoms with Gasteiger partial charge in [0.05, 0.1) is 12.5 Å². The smallest absolute Gasteiger partial charge is 0.311 e. The summed E-state index contributed by atoms with van der Waals surface area (Å²) in [6.45, 7) is 3.80. The average molecular weight is 317 g/mol. The SMILES string of the molecule is CC[C@@]1(C(=O)O)C[C@@H]2CC[C@H]1N2C(=O)c1ccc(OC)cc1C. The molecule has 1 amide bonds. The normalized spacial score (nSPS) is 28.9. The fourth-order valence-electron chi connectivity index (χ4n) is 4.39. The Labute approximate surface area is 136 Å². The van der Waals surface area contributed by atoms with Crippen molar-refractivity contribution in [3.63, 3.8) is 0 Å². The van der Waals surface area contributed by atoms with Crippen LogP contribution in [-0.2, 0) is 4.79 Å². The summed E-state index contributed by atoms with van der Waals surface area (Å²) < 4.78 is 5.19. The van der Waals surface area contributed by atoms with Gasteiger partial charge in [-0.3, -0.25) is 9.59 Å². The number of amides is 1. The second-order valence-corrected chi connectivity index (χ2v) is 6.66. The van der Waals surface area contributed by atoms with Gasteiger partial charge in [-0.2, -0.15) is 0 Å². The largest absolute Gasteiger partial charge is 0.497 e. The van der Waals surface area contributed by atoms with Gasteiger partial charge in [0.15, 0.2) is 0 Å². The maximum absolute atomic E-state index is 13.0. The number of aryl methyl sites for hydroxylation is 1. The average Bonchev–Trinajstić information content (AvgIpc) is 3.10. The molecule has 1 aromatic rings. The zero-order valence-corrected chi connectivity index (χ0v) is 13.8. The molecule has 0 aromatic heterocycles. The van der Waals surface area contributed by atoms with E-state index in [9.17, 15) is 14.7 Å². The van der Waals surface area contributed by atoms with Gasteiger partial charge in [0.1, 0.15) is 5.75 Å². The monoisotopic (exact) mass is 317 g/mol. The van der Waals surface area contributed by atoms with Crippen molar-refractivity contribution >= 4 is 11.9 Å². The molecular weight excluding hydrogens is 294 g/mol. The molecule has 5 nitrogen and oxygen atoms in total. The highest BCUT2D eigenvalue weighted by Gasteiger charge is 2.60. The van der Waals surface area contributed by atoms with E-state index in [4.69, 9.17) is 4.74 Å². The van der Waals surface area contributed by atoms with Crippen molar-refractivity contribution in [2.24, 2.45) is 5.41 Å². The highest BCUT2D eigenvalue weighted by molar-refractivity contribution is 5.97. The third-order valence-corrected chi connectivity index (χ3v) is 5.70. The van der Waals surface area contributed by atoms with Crippen molar-refractivity contribution in [3.8, 4) is 5.75 Å². The second kappa shape index (κ2) is 5.55. The number of methoxy groups -OCH3 is 1. The second-order valence-electron chi connectivity index (χ2n) is 6.66. The summed E-state index contributed by atoms with van der Waals surface area (Å²) in [5.74, 6) is -0.0948. The number of carbonyl (C=O) groups excluding carboxylic acids is 1. The minimum absolute atomic E-state index is 0.0463.